The number of rotatable bonds is 11. The normalized spacial score (nSPS) is 12.6. The first kappa shape index (κ1) is 20.2. The molecule has 0 heterocycles. The first-order chi connectivity index (χ1) is 11.0. The molecule has 0 aliphatic carbocycles. The molecule has 0 N–H and O–H groups in total. The minimum absolute atomic E-state index is 0.549. The average Bonchev–Trinajstić information content (AvgIpc) is 2.50. The van der Waals surface area contributed by atoms with Crippen molar-refractivity contribution in [3.05, 3.63) is 35.4 Å². The zero-order chi connectivity index (χ0) is 17.1. The molecule has 0 saturated heterocycles. The van der Waals surface area contributed by atoms with Gasteiger partial charge in [0.05, 0.1) is 5.56 Å². The van der Waals surface area contributed by atoms with Crippen molar-refractivity contribution in [2.75, 3.05) is 13.2 Å². The Hall–Kier alpha value is -0.893. The molecular formula is C16H25F3O3Si. The average molecular weight is 350 g/mol. The van der Waals surface area contributed by atoms with Gasteiger partial charge in [-0.1, -0.05) is 18.6 Å². The van der Waals surface area contributed by atoms with Crippen LogP contribution < -0.4 is 0 Å². The van der Waals surface area contributed by atoms with Gasteiger partial charge in [0.2, 0.25) is 0 Å². The van der Waals surface area contributed by atoms with Crippen LogP contribution in [-0.4, -0.2) is 29.5 Å². The molecule has 0 aliphatic heterocycles. The second-order valence-corrected chi connectivity index (χ2v) is 6.52. The molecule has 132 valence electrons. The lowest BCUT2D eigenvalue weighted by Crippen LogP contribution is -2.22. The number of ether oxygens (including phenoxy) is 2. The molecule has 1 rings (SSSR count). The third-order valence-electron chi connectivity index (χ3n) is 3.25. The predicted octanol–water partition coefficient (Wildman–Crippen LogP) is 3.90. The molecule has 0 bridgehead atoms. The number of hydrogen-bond donors (Lipinski definition) is 0. The lowest BCUT2D eigenvalue weighted by atomic mass is 10.1. The van der Waals surface area contributed by atoms with Gasteiger partial charge in [-0.3, -0.25) is 0 Å². The van der Waals surface area contributed by atoms with Crippen molar-refractivity contribution in [1.82, 2.24) is 0 Å². The minimum atomic E-state index is -4.26. The lowest BCUT2D eigenvalue weighted by molar-refractivity contribution is -0.243. The summed E-state index contributed by atoms with van der Waals surface area (Å²) >= 11 is 0. The Labute approximate surface area is 138 Å². The van der Waals surface area contributed by atoms with Gasteiger partial charge in [0.25, 0.3) is 6.48 Å². The Balaban J connectivity index is 2.17. The Morgan fingerprint density at radius 1 is 1.00 bits per heavy atom. The maximum Gasteiger partial charge on any atom is 0.416 e. The molecule has 0 amide bonds. The van der Waals surface area contributed by atoms with E-state index in [1.54, 1.807) is 12.1 Å². The van der Waals surface area contributed by atoms with E-state index in [1.807, 2.05) is 13.8 Å². The van der Waals surface area contributed by atoms with E-state index < -0.39 is 28.0 Å². The van der Waals surface area contributed by atoms with Gasteiger partial charge in [-0.2, -0.15) is 13.2 Å². The molecule has 0 aromatic heterocycles. The molecular weight excluding hydrogens is 325 g/mol. The van der Waals surface area contributed by atoms with E-state index in [2.05, 4.69) is 0 Å². The number of unbranched alkanes of at least 4 members (excludes halogenated alkanes) is 1. The highest BCUT2D eigenvalue weighted by atomic mass is 28.2. The Kier molecular flexibility index (Phi) is 9.46. The summed E-state index contributed by atoms with van der Waals surface area (Å²) in [6.45, 7) is 4.33. The summed E-state index contributed by atoms with van der Waals surface area (Å²) in [5.74, 6) is 0. The number of alkyl halides is 3. The molecule has 1 aromatic carbocycles. The van der Waals surface area contributed by atoms with Crippen LogP contribution in [0.15, 0.2) is 24.3 Å². The van der Waals surface area contributed by atoms with Crippen LogP contribution >= 0.6 is 0 Å². The van der Waals surface area contributed by atoms with Crippen molar-refractivity contribution in [2.24, 2.45) is 0 Å². The van der Waals surface area contributed by atoms with Crippen LogP contribution in [0.25, 0.3) is 0 Å². The highest BCUT2D eigenvalue weighted by molar-refractivity contribution is 6.27. The molecule has 0 fully saturated rings. The summed E-state index contributed by atoms with van der Waals surface area (Å²) in [6, 6.07) is 6.38. The molecule has 3 nitrogen and oxygen atoms in total. The molecule has 0 spiro atoms. The maximum absolute atomic E-state index is 12.5. The van der Waals surface area contributed by atoms with Gasteiger partial charge in [0.15, 0.2) is 9.76 Å². The van der Waals surface area contributed by atoms with Crippen molar-refractivity contribution in [3.8, 4) is 0 Å². The van der Waals surface area contributed by atoms with Crippen LogP contribution in [0, 0.1) is 0 Å². The van der Waals surface area contributed by atoms with E-state index in [-0.39, 0.29) is 0 Å². The zero-order valence-electron chi connectivity index (χ0n) is 13.7. The summed E-state index contributed by atoms with van der Waals surface area (Å²) in [6.07, 6.45) is -1.54. The topological polar surface area (TPSA) is 27.7 Å². The van der Waals surface area contributed by atoms with E-state index in [0.29, 0.717) is 13.2 Å². The van der Waals surface area contributed by atoms with E-state index in [1.165, 1.54) is 0 Å². The fourth-order valence-electron chi connectivity index (χ4n) is 2.06. The second-order valence-electron chi connectivity index (χ2n) is 5.08. The monoisotopic (exact) mass is 350 g/mol. The van der Waals surface area contributed by atoms with Crippen molar-refractivity contribution >= 4 is 9.76 Å². The van der Waals surface area contributed by atoms with E-state index in [9.17, 15) is 13.2 Å². The van der Waals surface area contributed by atoms with Crippen LogP contribution in [0.4, 0.5) is 13.2 Å². The second kappa shape index (κ2) is 10.8. The molecule has 7 heteroatoms. The van der Waals surface area contributed by atoms with Crippen molar-refractivity contribution in [3.63, 3.8) is 0 Å². The molecule has 0 aliphatic rings. The van der Waals surface area contributed by atoms with Crippen molar-refractivity contribution < 1.29 is 27.1 Å². The minimum Gasteiger partial charge on any atom is -0.379 e. The first-order valence-corrected chi connectivity index (χ1v) is 9.56. The Morgan fingerprint density at radius 3 is 2.13 bits per heavy atom. The highest BCUT2D eigenvalue weighted by Gasteiger charge is 2.29. The van der Waals surface area contributed by atoms with E-state index >= 15 is 0 Å². The van der Waals surface area contributed by atoms with Crippen LogP contribution in [0.3, 0.4) is 0 Å². The predicted molar refractivity (Wildman–Crippen MR) is 85.9 cm³/mol. The fourth-order valence-corrected chi connectivity index (χ4v) is 3.17. The number of hydrogen-bond acceptors (Lipinski definition) is 3. The van der Waals surface area contributed by atoms with Crippen LogP contribution in [0.5, 0.6) is 0 Å². The first-order valence-electron chi connectivity index (χ1n) is 7.98. The maximum atomic E-state index is 12.5. The van der Waals surface area contributed by atoms with Crippen LogP contribution in [0.1, 0.15) is 37.8 Å². The number of halogens is 3. The lowest BCUT2D eigenvalue weighted by Gasteiger charge is -2.17. The van der Waals surface area contributed by atoms with Gasteiger partial charge in [-0.15, -0.1) is 0 Å². The third-order valence-corrected chi connectivity index (χ3v) is 4.55. The third kappa shape index (κ3) is 8.50. The molecule has 0 atom stereocenters. The molecule has 0 unspecified atom stereocenters. The number of benzene rings is 1. The summed E-state index contributed by atoms with van der Waals surface area (Å²) in [5.41, 5.74) is 0.335. The van der Waals surface area contributed by atoms with Gasteiger partial charge >= 0.3 is 6.18 Å². The molecule has 0 radical (unpaired) electrons. The SMILES string of the molecule is CCOC(OCC)O[SiH2]CCCCc1ccc(C(F)(F)F)cc1. The van der Waals surface area contributed by atoms with Gasteiger partial charge in [-0.25, -0.2) is 0 Å². The smallest absolute Gasteiger partial charge is 0.379 e. The molecule has 23 heavy (non-hydrogen) atoms. The highest BCUT2D eigenvalue weighted by Crippen LogP contribution is 2.29. The molecule has 1 aromatic rings. The zero-order valence-corrected chi connectivity index (χ0v) is 15.1. The Bertz CT molecular complexity index is 418. The van der Waals surface area contributed by atoms with Crippen molar-refractivity contribution in [1.29, 1.82) is 0 Å². The summed E-state index contributed by atoms with van der Waals surface area (Å²) in [7, 11) is -0.701. The Morgan fingerprint density at radius 2 is 1.61 bits per heavy atom. The van der Waals surface area contributed by atoms with Crippen LogP contribution in [-0.2, 0) is 26.5 Å². The van der Waals surface area contributed by atoms with Gasteiger partial charge < -0.3 is 13.9 Å². The quantitative estimate of drug-likeness (QED) is 0.344. The number of aryl methyl sites for hydroxylation is 1. The standard InChI is InChI=1S/C16H25F3O3Si/c1-3-20-15(21-4-2)22-23-12-6-5-7-13-8-10-14(11-9-13)16(17,18)19/h8-11,15H,3-7,12,23H2,1-2H3. The fraction of sp³-hybridized carbons (Fsp3) is 0.625. The van der Waals surface area contributed by atoms with Gasteiger partial charge in [-0.05, 0) is 50.4 Å². The molecule has 0 saturated carbocycles. The van der Waals surface area contributed by atoms with E-state index in [4.69, 9.17) is 13.9 Å². The van der Waals surface area contributed by atoms with Gasteiger partial charge in [0, 0.05) is 13.2 Å². The van der Waals surface area contributed by atoms with Crippen molar-refractivity contribution in [2.45, 2.75) is 51.8 Å². The summed E-state index contributed by atoms with van der Waals surface area (Å²) in [4.78, 5) is 0. The van der Waals surface area contributed by atoms with Crippen LogP contribution in [0.2, 0.25) is 6.04 Å². The van der Waals surface area contributed by atoms with Gasteiger partial charge in [0.1, 0.15) is 0 Å². The summed E-state index contributed by atoms with van der Waals surface area (Å²) in [5, 5.41) is 0. The largest absolute Gasteiger partial charge is 0.416 e. The van der Waals surface area contributed by atoms with E-state index in [0.717, 1.165) is 43.0 Å². The summed E-state index contributed by atoms with van der Waals surface area (Å²) < 4.78 is 53.6.